The maximum atomic E-state index is 6.88. The van der Waals surface area contributed by atoms with Crippen LogP contribution in [0.4, 0.5) is 0 Å². The quantitative estimate of drug-likeness (QED) is 0.259. The number of hydrogen-bond donors (Lipinski definition) is 2. The number of benzene rings is 5. The van der Waals surface area contributed by atoms with E-state index in [1.165, 1.54) is 11.1 Å². The minimum atomic E-state index is -0.620. The van der Waals surface area contributed by atoms with Gasteiger partial charge in [-0.15, -0.1) is 0 Å². The van der Waals surface area contributed by atoms with Crippen LogP contribution in [0, 0.1) is 0 Å². The minimum absolute atomic E-state index is 0.588. The summed E-state index contributed by atoms with van der Waals surface area (Å²) in [6, 6.07) is 46.2. The van der Waals surface area contributed by atoms with Gasteiger partial charge in [-0.05, 0) is 35.4 Å². The highest BCUT2D eigenvalue weighted by Crippen LogP contribution is 2.56. The molecule has 4 nitrogen and oxygen atoms in total. The smallest absolute Gasteiger partial charge is 0.226 e. The molecule has 1 atom stereocenters. The van der Waals surface area contributed by atoms with Gasteiger partial charge in [-0.2, -0.15) is 0 Å². The Bertz CT molecular complexity index is 1750. The molecular weight excluding hydrogens is 502 g/mol. The number of rotatable bonds is 5. The van der Waals surface area contributed by atoms with Crippen LogP contribution in [-0.4, -0.2) is 5.84 Å². The molecule has 0 radical (unpaired) electrons. The van der Waals surface area contributed by atoms with Crippen LogP contribution in [0.25, 0.3) is 5.70 Å². The molecule has 0 aliphatic carbocycles. The van der Waals surface area contributed by atoms with Gasteiger partial charge in [-0.3, -0.25) is 5.32 Å². The second-order valence-electron chi connectivity index (χ2n) is 10.3. The summed E-state index contributed by atoms with van der Waals surface area (Å²) < 4.78 is 6.72. The molecule has 41 heavy (non-hydrogen) atoms. The fourth-order valence-corrected chi connectivity index (χ4v) is 6.11. The Kier molecular flexibility index (Phi) is 6.40. The molecule has 2 aliphatic heterocycles. The van der Waals surface area contributed by atoms with Crippen molar-refractivity contribution >= 4 is 11.5 Å². The normalized spacial score (nSPS) is 16.7. The Morgan fingerprint density at radius 1 is 0.659 bits per heavy atom. The minimum Gasteiger partial charge on any atom is -0.456 e. The fourth-order valence-electron chi connectivity index (χ4n) is 6.11. The van der Waals surface area contributed by atoms with E-state index in [0.717, 1.165) is 45.3 Å². The van der Waals surface area contributed by atoms with Crippen LogP contribution < -0.4 is 15.8 Å². The number of allylic oxidation sites excluding steroid dienone is 2. The first-order chi connectivity index (χ1) is 20.2. The molecule has 2 heterocycles. The molecule has 0 fully saturated rings. The summed E-state index contributed by atoms with van der Waals surface area (Å²) >= 11 is 0. The Labute approximate surface area is 240 Å². The average Bonchev–Trinajstić information content (AvgIpc) is 3.05. The summed E-state index contributed by atoms with van der Waals surface area (Å²) in [5.41, 5.74) is 13.9. The predicted octanol–water partition coefficient (Wildman–Crippen LogP) is 6.71. The summed E-state index contributed by atoms with van der Waals surface area (Å²) in [5, 5.41) is 2.08. The Hall–Kier alpha value is -5.03. The molecule has 0 saturated carbocycles. The summed E-state index contributed by atoms with van der Waals surface area (Å²) in [5.74, 6) is 2.40. The van der Waals surface area contributed by atoms with E-state index >= 15 is 0 Å². The van der Waals surface area contributed by atoms with Crippen LogP contribution in [0.2, 0.25) is 0 Å². The van der Waals surface area contributed by atoms with E-state index in [0.29, 0.717) is 0 Å². The van der Waals surface area contributed by atoms with Crippen LogP contribution in [0.3, 0.4) is 0 Å². The number of hydrogen-bond acceptors (Lipinski definition) is 3. The summed E-state index contributed by atoms with van der Waals surface area (Å²) in [6.45, 7) is 0. The SMILES string of the molecule is NC(N=C1C=CC=C(c2ccccc2)[NH2+]1)c1cccc2c1Oc1ccccc1C2(c1ccccc1)c1ccccc1. The van der Waals surface area contributed by atoms with Gasteiger partial charge in [0.25, 0.3) is 0 Å². The molecule has 0 aromatic heterocycles. The van der Waals surface area contributed by atoms with Gasteiger partial charge in [-0.25, -0.2) is 4.99 Å². The number of para-hydroxylation sites is 2. The number of nitrogens with two attached hydrogens (primary N) is 2. The number of quaternary nitrogens is 1. The Morgan fingerprint density at radius 2 is 1.27 bits per heavy atom. The van der Waals surface area contributed by atoms with E-state index in [1.54, 1.807) is 0 Å². The van der Waals surface area contributed by atoms with Crippen molar-refractivity contribution in [2.24, 2.45) is 10.7 Å². The molecule has 0 amide bonds. The van der Waals surface area contributed by atoms with Crippen molar-refractivity contribution < 1.29 is 10.1 Å². The highest BCUT2D eigenvalue weighted by molar-refractivity contribution is 5.90. The molecule has 4 N–H and O–H groups in total. The van der Waals surface area contributed by atoms with Gasteiger partial charge in [0.1, 0.15) is 23.4 Å². The van der Waals surface area contributed by atoms with Gasteiger partial charge in [0.15, 0.2) is 0 Å². The van der Waals surface area contributed by atoms with Crippen LogP contribution >= 0.6 is 0 Å². The predicted molar refractivity (Wildman–Crippen MR) is 165 cm³/mol. The van der Waals surface area contributed by atoms with E-state index in [9.17, 15) is 0 Å². The zero-order chi connectivity index (χ0) is 27.6. The van der Waals surface area contributed by atoms with E-state index in [2.05, 4.69) is 108 Å². The third-order valence-electron chi connectivity index (χ3n) is 7.93. The molecule has 5 aromatic rings. The molecule has 4 heteroatoms. The maximum Gasteiger partial charge on any atom is 0.226 e. The fraction of sp³-hybridized carbons (Fsp3) is 0.0541. The van der Waals surface area contributed by atoms with Crippen LogP contribution in [0.1, 0.15) is 39.5 Å². The zero-order valence-corrected chi connectivity index (χ0v) is 22.5. The summed E-state index contributed by atoms with van der Waals surface area (Å²) in [7, 11) is 0. The first-order valence-corrected chi connectivity index (χ1v) is 13.9. The molecule has 0 saturated heterocycles. The van der Waals surface area contributed by atoms with E-state index in [1.807, 2.05) is 48.6 Å². The first-order valence-electron chi connectivity index (χ1n) is 13.9. The van der Waals surface area contributed by atoms with Gasteiger partial charge >= 0.3 is 0 Å². The van der Waals surface area contributed by atoms with E-state index < -0.39 is 11.6 Å². The largest absolute Gasteiger partial charge is 0.456 e. The van der Waals surface area contributed by atoms with Crippen molar-refractivity contribution in [1.29, 1.82) is 0 Å². The van der Waals surface area contributed by atoms with E-state index in [4.69, 9.17) is 15.5 Å². The van der Waals surface area contributed by atoms with Crippen molar-refractivity contribution in [2.45, 2.75) is 11.6 Å². The molecule has 7 rings (SSSR count). The lowest BCUT2D eigenvalue weighted by atomic mass is 9.63. The standard InChI is InChI=1S/C37H29N3O/c38-36(40-34-25-13-23-32(39-34)26-14-4-1-5-15-26)29-20-12-22-31-35(29)41-33-24-11-10-21-30(33)37(31,27-16-6-2-7-17-27)28-18-8-3-9-19-28/h1-25,36H,38H2,(H,39,40)/p+1. The molecule has 198 valence electrons. The topological polar surface area (TPSA) is 64.2 Å². The second kappa shape index (κ2) is 10.5. The van der Waals surface area contributed by atoms with Gasteiger partial charge < -0.3 is 10.5 Å². The van der Waals surface area contributed by atoms with E-state index in [-0.39, 0.29) is 0 Å². The Balaban J connectivity index is 1.38. The molecule has 0 bridgehead atoms. The van der Waals surface area contributed by atoms with Crippen molar-refractivity contribution in [3.05, 3.63) is 185 Å². The number of fused-ring (bicyclic) bond motifs is 2. The van der Waals surface area contributed by atoms with Gasteiger partial charge in [0.2, 0.25) is 5.84 Å². The van der Waals surface area contributed by atoms with Crippen molar-refractivity contribution in [1.82, 2.24) is 0 Å². The first kappa shape index (κ1) is 25.0. The van der Waals surface area contributed by atoms with Gasteiger partial charge in [0, 0.05) is 34.4 Å². The van der Waals surface area contributed by atoms with Crippen LogP contribution in [0.5, 0.6) is 11.5 Å². The number of amidine groups is 1. The number of aliphatic imine (C=N–C) groups is 1. The highest BCUT2D eigenvalue weighted by atomic mass is 16.5. The number of ether oxygens (including phenoxy) is 1. The molecule has 1 unspecified atom stereocenters. The third-order valence-corrected chi connectivity index (χ3v) is 7.93. The lowest BCUT2D eigenvalue weighted by Gasteiger charge is -2.42. The van der Waals surface area contributed by atoms with Gasteiger partial charge in [0.05, 0.1) is 5.41 Å². The van der Waals surface area contributed by atoms with Gasteiger partial charge in [-0.1, -0.05) is 115 Å². The summed E-state index contributed by atoms with van der Waals surface area (Å²) in [4.78, 5) is 4.97. The molecular formula is C37H30N3O+. The molecule has 0 spiro atoms. The Morgan fingerprint density at radius 3 is 1.98 bits per heavy atom. The molecule has 5 aromatic carbocycles. The monoisotopic (exact) mass is 532 g/mol. The van der Waals surface area contributed by atoms with Crippen molar-refractivity contribution in [3.8, 4) is 11.5 Å². The van der Waals surface area contributed by atoms with Crippen molar-refractivity contribution in [3.63, 3.8) is 0 Å². The zero-order valence-electron chi connectivity index (χ0n) is 22.5. The third kappa shape index (κ3) is 4.30. The molecule has 2 aliphatic rings. The van der Waals surface area contributed by atoms with Crippen LogP contribution in [0.15, 0.2) is 157 Å². The maximum absolute atomic E-state index is 6.88. The highest BCUT2D eigenvalue weighted by Gasteiger charge is 2.46. The second-order valence-corrected chi connectivity index (χ2v) is 10.3. The van der Waals surface area contributed by atoms with Crippen LogP contribution in [-0.2, 0) is 5.41 Å². The lowest BCUT2D eigenvalue weighted by molar-refractivity contribution is -0.433. The van der Waals surface area contributed by atoms with Crippen molar-refractivity contribution in [2.75, 3.05) is 0 Å². The average molecular weight is 533 g/mol. The summed E-state index contributed by atoms with van der Waals surface area (Å²) in [6.07, 6.45) is 5.50. The number of nitrogens with zero attached hydrogens (tertiary/aromatic N) is 1. The lowest BCUT2D eigenvalue weighted by Crippen LogP contribution is -2.85.